The van der Waals surface area contributed by atoms with Crippen molar-refractivity contribution in [3.8, 4) is 0 Å². The summed E-state index contributed by atoms with van der Waals surface area (Å²) in [4.78, 5) is 24.1. The number of amides is 2. The SMILES string of the molecule is Cc1ccc(CC(=O)NN=C2CCC(=NNC(=O)Cc3ccc(C)cc3)CC2)cc1. The summed E-state index contributed by atoms with van der Waals surface area (Å²) in [5.41, 5.74) is 11.5. The van der Waals surface area contributed by atoms with Gasteiger partial charge in [0.25, 0.3) is 0 Å². The molecule has 0 aromatic heterocycles. The minimum absolute atomic E-state index is 0.116. The van der Waals surface area contributed by atoms with Gasteiger partial charge in [0.15, 0.2) is 0 Å². The van der Waals surface area contributed by atoms with E-state index in [-0.39, 0.29) is 11.8 Å². The monoisotopic (exact) mass is 404 g/mol. The fraction of sp³-hybridized carbons (Fsp3) is 0.333. The number of carbonyl (C=O) groups excluding carboxylic acids is 2. The Bertz CT molecular complexity index is 853. The predicted octanol–water partition coefficient (Wildman–Crippen LogP) is 3.61. The fourth-order valence-corrected chi connectivity index (χ4v) is 3.20. The molecule has 1 aliphatic rings. The van der Waals surface area contributed by atoms with Gasteiger partial charge in [-0.1, -0.05) is 59.7 Å². The molecule has 0 spiro atoms. The van der Waals surface area contributed by atoms with E-state index in [0.29, 0.717) is 12.8 Å². The lowest BCUT2D eigenvalue weighted by atomic mass is 9.97. The number of rotatable bonds is 6. The Morgan fingerprint density at radius 3 is 1.33 bits per heavy atom. The summed E-state index contributed by atoms with van der Waals surface area (Å²) in [5.74, 6) is -0.233. The van der Waals surface area contributed by atoms with Crippen molar-refractivity contribution in [2.75, 3.05) is 0 Å². The molecular weight excluding hydrogens is 376 g/mol. The van der Waals surface area contributed by atoms with Crippen molar-refractivity contribution in [3.05, 3.63) is 70.8 Å². The van der Waals surface area contributed by atoms with Gasteiger partial charge in [-0.05, 0) is 50.7 Å². The second-order valence-electron chi connectivity index (χ2n) is 7.75. The van der Waals surface area contributed by atoms with Crippen LogP contribution in [0.5, 0.6) is 0 Å². The summed E-state index contributed by atoms with van der Waals surface area (Å²) in [7, 11) is 0. The van der Waals surface area contributed by atoms with Crippen LogP contribution in [0, 0.1) is 13.8 Å². The highest BCUT2D eigenvalue weighted by Crippen LogP contribution is 2.13. The number of nitrogens with one attached hydrogen (secondary N) is 2. The van der Waals surface area contributed by atoms with Gasteiger partial charge in [-0.3, -0.25) is 9.59 Å². The van der Waals surface area contributed by atoms with E-state index in [0.717, 1.165) is 48.2 Å². The van der Waals surface area contributed by atoms with Crippen LogP contribution in [0.1, 0.15) is 47.9 Å². The molecule has 6 heteroatoms. The summed E-state index contributed by atoms with van der Waals surface area (Å²) in [6, 6.07) is 15.8. The lowest BCUT2D eigenvalue weighted by Gasteiger charge is -2.15. The van der Waals surface area contributed by atoms with Crippen LogP contribution in [-0.4, -0.2) is 23.2 Å². The highest BCUT2D eigenvalue weighted by atomic mass is 16.2. The van der Waals surface area contributed by atoms with Gasteiger partial charge in [-0.2, -0.15) is 10.2 Å². The maximum atomic E-state index is 12.1. The van der Waals surface area contributed by atoms with Gasteiger partial charge < -0.3 is 0 Å². The number of carbonyl (C=O) groups is 2. The Kier molecular flexibility index (Phi) is 7.49. The number of hydrogen-bond acceptors (Lipinski definition) is 4. The van der Waals surface area contributed by atoms with Gasteiger partial charge in [-0.15, -0.1) is 0 Å². The highest BCUT2D eigenvalue weighted by molar-refractivity contribution is 5.99. The molecule has 2 aromatic rings. The van der Waals surface area contributed by atoms with Gasteiger partial charge in [0.2, 0.25) is 11.8 Å². The molecule has 1 saturated carbocycles. The van der Waals surface area contributed by atoms with Gasteiger partial charge in [0.1, 0.15) is 0 Å². The summed E-state index contributed by atoms with van der Waals surface area (Å²) >= 11 is 0. The van der Waals surface area contributed by atoms with E-state index in [9.17, 15) is 9.59 Å². The Hall–Kier alpha value is -3.28. The minimum Gasteiger partial charge on any atom is -0.273 e. The first-order valence-corrected chi connectivity index (χ1v) is 10.3. The Morgan fingerprint density at radius 1 is 0.667 bits per heavy atom. The van der Waals surface area contributed by atoms with Crippen molar-refractivity contribution < 1.29 is 9.59 Å². The van der Waals surface area contributed by atoms with Crippen molar-refractivity contribution in [3.63, 3.8) is 0 Å². The van der Waals surface area contributed by atoms with Gasteiger partial charge in [0.05, 0.1) is 12.8 Å². The van der Waals surface area contributed by atoms with Crippen molar-refractivity contribution in [1.29, 1.82) is 0 Å². The molecule has 0 radical (unpaired) electrons. The van der Waals surface area contributed by atoms with E-state index in [1.807, 2.05) is 62.4 Å². The largest absolute Gasteiger partial charge is 0.273 e. The molecule has 2 aromatic carbocycles. The fourth-order valence-electron chi connectivity index (χ4n) is 3.20. The van der Waals surface area contributed by atoms with E-state index in [2.05, 4.69) is 21.1 Å². The van der Waals surface area contributed by atoms with Crippen molar-refractivity contribution in [2.45, 2.75) is 52.4 Å². The summed E-state index contributed by atoms with van der Waals surface area (Å²) in [6.45, 7) is 4.04. The lowest BCUT2D eigenvalue weighted by molar-refractivity contribution is -0.121. The highest BCUT2D eigenvalue weighted by Gasteiger charge is 2.14. The molecule has 0 bridgehead atoms. The normalized spacial score (nSPS) is 13.5. The maximum absolute atomic E-state index is 12.1. The zero-order chi connectivity index (χ0) is 21.3. The van der Waals surface area contributed by atoms with Crippen molar-refractivity contribution in [1.82, 2.24) is 10.9 Å². The zero-order valence-corrected chi connectivity index (χ0v) is 17.6. The van der Waals surface area contributed by atoms with Crippen molar-refractivity contribution in [2.24, 2.45) is 10.2 Å². The molecule has 2 amide bonds. The van der Waals surface area contributed by atoms with Crippen LogP contribution in [0.25, 0.3) is 0 Å². The van der Waals surface area contributed by atoms with E-state index >= 15 is 0 Å². The zero-order valence-electron chi connectivity index (χ0n) is 17.6. The minimum atomic E-state index is -0.116. The Morgan fingerprint density at radius 2 is 1.00 bits per heavy atom. The second kappa shape index (κ2) is 10.5. The van der Waals surface area contributed by atoms with Crippen LogP contribution in [-0.2, 0) is 22.4 Å². The van der Waals surface area contributed by atoms with Crippen molar-refractivity contribution >= 4 is 23.2 Å². The second-order valence-corrected chi connectivity index (χ2v) is 7.75. The molecule has 1 fully saturated rings. The van der Waals surface area contributed by atoms with Crippen LogP contribution in [0.15, 0.2) is 58.7 Å². The van der Waals surface area contributed by atoms with Gasteiger partial charge >= 0.3 is 0 Å². The molecule has 0 unspecified atom stereocenters. The van der Waals surface area contributed by atoms with E-state index in [1.165, 1.54) is 11.1 Å². The number of nitrogens with zero attached hydrogens (tertiary/aromatic N) is 2. The quantitative estimate of drug-likeness (QED) is 0.721. The lowest BCUT2D eigenvalue weighted by Crippen LogP contribution is -2.25. The molecular formula is C24H28N4O2. The first kappa shape index (κ1) is 21.4. The first-order valence-electron chi connectivity index (χ1n) is 10.3. The van der Waals surface area contributed by atoms with Crippen LogP contribution in [0.4, 0.5) is 0 Å². The smallest absolute Gasteiger partial charge is 0.244 e. The summed E-state index contributed by atoms with van der Waals surface area (Å²) in [6.07, 6.45) is 3.57. The Labute approximate surface area is 177 Å². The van der Waals surface area contributed by atoms with Crippen LogP contribution in [0.3, 0.4) is 0 Å². The number of hydrogen-bond donors (Lipinski definition) is 2. The van der Waals surface area contributed by atoms with Crippen LogP contribution >= 0.6 is 0 Å². The first-order chi connectivity index (χ1) is 14.5. The third-order valence-corrected chi connectivity index (χ3v) is 5.05. The van der Waals surface area contributed by atoms with Gasteiger partial charge in [-0.25, -0.2) is 10.9 Å². The number of hydrazone groups is 2. The summed E-state index contributed by atoms with van der Waals surface area (Å²) < 4.78 is 0. The van der Waals surface area contributed by atoms with E-state index in [4.69, 9.17) is 0 Å². The van der Waals surface area contributed by atoms with E-state index < -0.39 is 0 Å². The molecule has 6 nitrogen and oxygen atoms in total. The Balaban J connectivity index is 1.40. The number of benzene rings is 2. The topological polar surface area (TPSA) is 82.9 Å². The molecule has 2 N–H and O–H groups in total. The molecule has 0 atom stereocenters. The average Bonchev–Trinajstić information content (AvgIpc) is 2.75. The summed E-state index contributed by atoms with van der Waals surface area (Å²) in [5, 5.41) is 8.53. The molecule has 1 aliphatic carbocycles. The maximum Gasteiger partial charge on any atom is 0.244 e. The van der Waals surface area contributed by atoms with Gasteiger partial charge in [0, 0.05) is 11.4 Å². The van der Waals surface area contributed by atoms with Crippen LogP contribution < -0.4 is 10.9 Å². The average molecular weight is 405 g/mol. The molecule has 0 heterocycles. The van der Waals surface area contributed by atoms with Crippen LogP contribution in [0.2, 0.25) is 0 Å². The third-order valence-electron chi connectivity index (χ3n) is 5.05. The molecule has 0 saturated heterocycles. The number of aryl methyl sites for hydroxylation is 2. The molecule has 3 rings (SSSR count). The third kappa shape index (κ3) is 6.95. The molecule has 0 aliphatic heterocycles. The van der Waals surface area contributed by atoms with E-state index in [1.54, 1.807) is 0 Å². The molecule has 30 heavy (non-hydrogen) atoms. The molecule has 156 valence electrons. The predicted molar refractivity (Wildman–Crippen MR) is 119 cm³/mol. The standard InChI is InChI=1S/C24H28N4O2/c1-17-3-7-19(8-4-17)15-23(29)27-25-21-11-13-22(14-12-21)26-28-24(30)16-20-9-5-18(2)6-10-20/h3-10H,11-16H2,1-2H3,(H,27,29)(H,28,30).